The van der Waals surface area contributed by atoms with Gasteiger partial charge in [-0.1, -0.05) is 44.2 Å². The van der Waals surface area contributed by atoms with E-state index in [0.717, 1.165) is 0 Å². The highest BCUT2D eigenvalue weighted by atomic mass is 31.2. The lowest BCUT2D eigenvalue weighted by molar-refractivity contribution is -0.137. The fourth-order valence-electron chi connectivity index (χ4n) is 4.98. The Balaban J connectivity index is 1.91. The predicted octanol–water partition coefficient (Wildman–Crippen LogP) is 4.75. The summed E-state index contributed by atoms with van der Waals surface area (Å²) in [5, 5.41) is 16.9. The van der Waals surface area contributed by atoms with E-state index in [2.05, 4.69) is 16.0 Å². The second kappa shape index (κ2) is 21.1. The topological polar surface area (TPSA) is 231 Å². The summed E-state index contributed by atoms with van der Waals surface area (Å²) < 4.78 is 42.4. The third-order valence-electron chi connectivity index (χ3n) is 7.75. The Morgan fingerprint density at radius 1 is 0.704 bits per heavy atom. The number of carboxylic acids is 1. The molecule has 16 nitrogen and oxygen atoms in total. The summed E-state index contributed by atoms with van der Waals surface area (Å²) in [6.45, 7) is 3.48. The number of amides is 4. The van der Waals surface area contributed by atoms with Crippen LogP contribution in [-0.2, 0) is 35.1 Å². The van der Waals surface area contributed by atoms with E-state index in [0.29, 0.717) is 17.1 Å². The maximum absolute atomic E-state index is 14.8. The van der Waals surface area contributed by atoms with Crippen molar-refractivity contribution in [1.82, 2.24) is 16.0 Å². The summed E-state index contributed by atoms with van der Waals surface area (Å²) in [6, 6.07) is 18.2. The van der Waals surface area contributed by atoms with Gasteiger partial charge in [-0.2, -0.15) is 0 Å². The average molecular weight is 771 g/mol. The maximum Gasteiger partial charge on any atom is 0.452 e. The third-order valence-corrected chi connectivity index (χ3v) is 9.83. The van der Waals surface area contributed by atoms with Gasteiger partial charge in [0.05, 0.1) is 14.2 Å². The number of nitrogens with two attached hydrogens (primary N) is 1. The molecule has 0 spiro atoms. The number of carbonyl (C=O) groups is 5. The lowest BCUT2D eigenvalue weighted by atomic mass is 10.0. The molecule has 0 saturated heterocycles. The summed E-state index contributed by atoms with van der Waals surface area (Å²) in [7, 11) is -1.57. The zero-order valence-corrected chi connectivity index (χ0v) is 31.4. The number of ether oxygens (including phenoxy) is 3. The van der Waals surface area contributed by atoms with Gasteiger partial charge in [-0.15, -0.1) is 0 Å². The molecule has 0 bridgehead atoms. The Morgan fingerprint density at radius 3 is 1.70 bits per heavy atom. The summed E-state index contributed by atoms with van der Waals surface area (Å²) in [5.74, 6) is -4.18. The molecule has 54 heavy (non-hydrogen) atoms. The van der Waals surface area contributed by atoms with E-state index in [9.17, 15) is 33.6 Å². The van der Waals surface area contributed by atoms with Gasteiger partial charge in [-0.05, 0) is 79.3 Å². The molecule has 4 amide bonds. The van der Waals surface area contributed by atoms with Crippen LogP contribution in [-0.4, -0.2) is 67.0 Å². The Bertz CT molecular complexity index is 1690. The van der Waals surface area contributed by atoms with Crippen molar-refractivity contribution in [1.29, 1.82) is 0 Å². The van der Waals surface area contributed by atoms with Crippen molar-refractivity contribution >= 4 is 37.4 Å². The SMILES string of the molecule is COc1ccc(OP(=O)(Oc2ccc(OC)cc2)[C@H](CCC(N)=O)NC(=O)[C@H](CC(C)C)NC(=O)[C@H](CCC(=O)O)NC(=O)OCc2ccccc2)cc1. The number of alkyl carbamates (subject to hydrolysis) is 1. The van der Waals surface area contributed by atoms with Crippen molar-refractivity contribution in [2.75, 3.05) is 14.2 Å². The lowest BCUT2D eigenvalue weighted by Gasteiger charge is -2.30. The first-order chi connectivity index (χ1) is 25.7. The number of methoxy groups -OCH3 is 2. The Hall–Kier alpha value is -5.76. The van der Waals surface area contributed by atoms with Crippen LogP contribution in [0, 0.1) is 5.92 Å². The van der Waals surface area contributed by atoms with Crippen LogP contribution in [0.4, 0.5) is 4.79 Å². The maximum atomic E-state index is 14.8. The van der Waals surface area contributed by atoms with Crippen molar-refractivity contribution in [3.63, 3.8) is 0 Å². The van der Waals surface area contributed by atoms with E-state index < -0.39 is 61.7 Å². The molecule has 3 aromatic rings. The van der Waals surface area contributed by atoms with Crippen LogP contribution in [0.5, 0.6) is 23.0 Å². The Labute approximate surface area is 313 Å². The van der Waals surface area contributed by atoms with Gasteiger partial charge in [0.1, 0.15) is 41.7 Å². The quantitative estimate of drug-likeness (QED) is 0.0872. The molecule has 0 aliphatic heterocycles. The minimum atomic E-state index is -4.50. The van der Waals surface area contributed by atoms with Crippen molar-refractivity contribution < 1.29 is 56.9 Å². The summed E-state index contributed by atoms with van der Waals surface area (Å²) >= 11 is 0. The largest absolute Gasteiger partial charge is 0.497 e. The van der Waals surface area contributed by atoms with E-state index in [1.54, 1.807) is 68.4 Å². The van der Waals surface area contributed by atoms with Crippen LogP contribution in [0.3, 0.4) is 0 Å². The molecule has 0 radical (unpaired) electrons. The highest BCUT2D eigenvalue weighted by Crippen LogP contribution is 2.53. The monoisotopic (exact) mass is 770 g/mol. The zero-order valence-electron chi connectivity index (χ0n) is 30.5. The smallest absolute Gasteiger partial charge is 0.452 e. The predicted molar refractivity (Wildman–Crippen MR) is 197 cm³/mol. The standard InChI is InChI=1S/C37H47N4O12P/c1-24(2)22-31(39-35(45)30(18-21-34(43)44)40-37(47)51-23-25-8-6-5-7-9-25)36(46)41-33(20-19-32(38)42)54(48,52-28-14-10-26(49-3)11-15-28)53-29-16-12-27(50-4)13-17-29/h5-17,24,30-31,33H,18-23H2,1-4H3,(H2,38,42)(H,39,45)(H,40,47)(H,41,46)(H,43,44)/t30-,31-,33+/m0/s1. The minimum Gasteiger partial charge on any atom is -0.497 e. The molecule has 0 aliphatic rings. The first-order valence-corrected chi connectivity index (χ1v) is 18.7. The normalized spacial score (nSPS) is 12.7. The molecule has 6 N–H and O–H groups in total. The molecule has 0 aliphatic carbocycles. The van der Waals surface area contributed by atoms with Crippen LogP contribution in [0.15, 0.2) is 78.9 Å². The lowest BCUT2D eigenvalue weighted by Crippen LogP contribution is -2.55. The molecule has 3 aromatic carbocycles. The second-order valence-corrected chi connectivity index (χ2v) is 14.6. The van der Waals surface area contributed by atoms with Gasteiger partial charge in [0.2, 0.25) is 17.7 Å². The number of benzene rings is 3. The fourth-order valence-corrected chi connectivity index (χ4v) is 6.84. The average Bonchev–Trinajstić information content (AvgIpc) is 3.14. The van der Waals surface area contributed by atoms with Gasteiger partial charge in [-0.3, -0.25) is 19.2 Å². The van der Waals surface area contributed by atoms with Crippen LogP contribution >= 0.6 is 7.60 Å². The van der Waals surface area contributed by atoms with Crippen LogP contribution < -0.4 is 40.2 Å². The number of rotatable bonds is 22. The van der Waals surface area contributed by atoms with Gasteiger partial charge in [0.25, 0.3) is 0 Å². The molecule has 0 saturated carbocycles. The third kappa shape index (κ3) is 14.3. The summed E-state index contributed by atoms with van der Waals surface area (Å²) in [5.41, 5.74) is 6.14. The Kier molecular flexibility index (Phi) is 16.6. The van der Waals surface area contributed by atoms with Crippen LogP contribution in [0.1, 0.15) is 51.5 Å². The van der Waals surface area contributed by atoms with Crippen LogP contribution in [0.2, 0.25) is 0 Å². The van der Waals surface area contributed by atoms with E-state index >= 15 is 0 Å². The van der Waals surface area contributed by atoms with Crippen molar-refractivity contribution in [2.45, 2.75) is 70.4 Å². The van der Waals surface area contributed by atoms with Gasteiger partial charge in [0.15, 0.2) is 5.78 Å². The Morgan fingerprint density at radius 2 is 1.22 bits per heavy atom. The molecule has 3 rings (SSSR count). The number of carbonyl (C=O) groups excluding carboxylic acids is 4. The highest BCUT2D eigenvalue weighted by molar-refractivity contribution is 7.55. The van der Waals surface area contributed by atoms with Gasteiger partial charge in [0, 0.05) is 12.8 Å². The summed E-state index contributed by atoms with van der Waals surface area (Å²) in [6.07, 6.45) is -2.34. The first-order valence-electron chi connectivity index (χ1n) is 17.1. The molecule has 0 fully saturated rings. The number of hydrogen-bond donors (Lipinski definition) is 5. The molecular weight excluding hydrogens is 723 g/mol. The number of carboxylic acid groups (broad SMARTS) is 1. The molecule has 0 unspecified atom stereocenters. The van der Waals surface area contributed by atoms with Crippen molar-refractivity contribution in [3.8, 4) is 23.0 Å². The molecule has 0 heterocycles. The van der Waals surface area contributed by atoms with Gasteiger partial charge >= 0.3 is 19.7 Å². The molecule has 17 heteroatoms. The fraction of sp³-hybridized carbons (Fsp3) is 0.378. The minimum absolute atomic E-state index is 0.0627. The van der Waals surface area contributed by atoms with Gasteiger partial charge in [-0.25, -0.2) is 9.36 Å². The zero-order chi connectivity index (χ0) is 39.7. The summed E-state index contributed by atoms with van der Waals surface area (Å²) in [4.78, 5) is 63.7. The molecule has 3 atom stereocenters. The van der Waals surface area contributed by atoms with Gasteiger partial charge < -0.3 is 50.0 Å². The number of aliphatic carboxylic acids is 1. The molecule has 0 aromatic heterocycles. The number of nitrogens with one attached hydrogen (secondary N) is 3. The number of hydrogen-bond acceptors (Lipinski definition) is 11. The van der Waals surface area contributed by atoms with Crippen LogP contribution in [0.25, 0.3) is 0 Å². The van der Waals surface area contributed by atoms with Crippen molar-refractivity contribution in [3.05, 3.63) is 84.4 Å². The van der Waals surface area contributed by atoms with E-state index in [-0.39, 0.29) is 49.7 Å². The van der Waals surface area contributed by atoms with E-state index in [1.165, 1.54) is 38.5 Å². The van der Waals surface area contributed by atoms with E-state index in [4.69, 9.17) is 29.0 Å². The number of primary amides is 1. The molecular formula is C37H47N4O12P. The van der Waals surface area contributed by atoms with Crippen molar-refractivity contribution in [2.24, 2.45) is 11.7 Å². The second-order valence-electron chi connectivity index (χ2n) is 12.5. The highest BCUT2D eigenvalue weighted by Gasteiger charge is 2.42. The first kappa shape index (κ1) is 42.7. The van der Waals surface area contributed by atoms with E-state index in [1.807, 2.05) is 0 Å². The molecule has 292 valence electrons.